The molecule has 17 heteroatoms. The van der Waals surface area contributed by atoms with Crippen molar-refractivity contribution in [3.63, 3.8) is 0 Å². The number of nitrogens with one attached hydrogen (secondary N) is 1. The highest BCUT2D eigenvalue weighted by Crippen LogP contribution is 2.41. The second-order valence-corrected chi connectivity index (χ2v) is 12.8. The van der Waals surface area contributed by atoms with Crippen molar-refractivity contribution in [3.8, 4) is 0 Å². The number of hydrogen-bond donors (Lipinski definition) is 1. The maximum Gasteiger partial charge on any atom is 0.434 e. The van der Waals surface area contributed by atoms with Crippen molar-refractivity contribution in [1.82, 2.24) is 19.0 Å². The number of carbonyl (C=O) groups excluding carboxylic acids is 2. The molecule has 1 unspecified atom stereocenters. The van der Waals surface area contributed by atoms with Gasteiger partial charge >= 0.3 is 6.09 Å². The van der Waals surface area contributed by atoms with E-state index in [0.717, 1.165) is 22.1 Å². The van der Waals surface area contributed by atoms with Crippen molar-refractivity contribution < 1.29 is 36.4 Å². The molecule has 2 aliphatic heterocycles. The zero-order chi connectivity index (χ0) is 33.3. The number of carbonyl (C=O) groups is 2. The number of anilines is 2. The highest BCUT2D eigenvalue weighted by molar-refractivity contribution is 7.89. The van der Waals surface area contributed by atoms with Crippen molar-refractivity contribution in [3.05, 3.63) is 75.0 Å². The van der Waals surface area contributed by atoms with Gasteiger partial charge in [0.25, 0.3) is 11.6 Å². The quantitative estimate of drug-likeness (QED) is 0.278. The molecule has 3 heterocycles. The number of nitro benzene ring substituents is 1. The Morgan fingerprint density at radius 2 is 1.74 bits per heavy atom. The third-order valence-electron chi connectivity index (χ3n) is 8.06. The highest BCUT2D eigenvalue weighted by atomic mass is 32.2. The lowest BCUT2D eigenvalue weighted by atomic mass is 9.98. The average Bonchev–Trinajstić information content (AvgIpc) is 3.38. The molecule has 1 aromatic heterocycles. The largest absolute Gasteiger partial charge is 0.448 e. The number of fused-ring (bicyclic) bond motifs is 1. The summed E-state index contributed by atoms with van der Waals surface area (Å²) in [5, 5.41) is 18.9. The second kappa shape index (κ2) is 13.1. The van der Waals surface area contributed by atoms with E-state index in [1.807, 2.05) is 11.9 Å². The molecule has 0 bridgehead atoms. The van der Waals surface area contributed by atoms with E-state index in [1.165, 1.54) is 12.1 Å². The predicted molar refractivity (Wildman–Crippen MR) is 162 cm³/mol. The summed E-state index contributed by atoms with van der Waals surface area (Å²) in [6.45, 7) is 5.90. The molecular weight excluding hydrogens is 628 g/mol. The van der Waals surface area contributed by atoms with Gasteiger partial charge in [-0.25, -0.2) is 22.0 Å². The van der Waals surface area contributed by atoms with Crippen LogP contribution in [0.15, 0.2) is 41.3 Å². The van der Waals surface area contributed by atoms with Gasteiger partial charge in [-0.3, -0.25) is 14.9 Å². The number of aromatic nitrogens is 2. The van der Waals surface area contributed by atoms with Gasteiger partial charge in [-0.2, -0.15) is 8.99 Å². The standard InChI is InChI=1S/C29H33F2N7O7S/c1-4-23-26-24(8-9-36(23)46(43,44)21-15-18(30)14-19(31)16-21)37(29(40)45-5-2)33-27(26)32-28(39)22-7-6-20(17-25(22)38(41)42)35-12-10-34(3)11-13-35/h6-7,14-17,23H,4-5,8-13H2,1-3H3,(H,32,33,39). The first-order valence-electron chi connectivity index (χ1n) is 14.7. The van der Waals surface area contributed by atoms with Crippen LogP contribution < -0.4 is 10.2 Å². The Bertz CT molecular complexity index is 1770. The summed E-state index contributed by atoms with van der Waals surface area (Å²) < 4.78 is 62.5. The third-order valence-corrected chi connectivity index (χ3v) is 9.95. The number of piperazine rings is 1. The molecule has 1 fully saturated rings. The van der Waals surface area contributed by atoms with Gasteiger partial charge in [0.15, 0.2) is 5.82 Å². The smallest absolute Gasteiger partial charge is 0.434 e. The van der Waals surface area contributed by atoms with E-state index in [-0.39, 0.29) is 48.6 Å². The van der Waals surface area contributed by atoms with Gasteiger partial charge in [-0.05, 0) is 44.7 Å². The Kier molecular flexibility index (Phi) is 9.37. The number of hydrogen-bond acceptors (Lipinski definition) is 10. The Hall–Kier alpha value is -4.48. The molecule has 1 atom stereocenters. The van der Waals surface area contributed by atoms with E-state index >= 15 is 0 Å². The Morgan fingerprint density at radius 3 is 2.35 bits per heavy atom. The Balaban J connectivity index is 1.54. The van der Waals surface area contributed by atoms with E-state index < -0.39 is 55.2 Å². The molecule has 46 heavy (non-hydrogen) atoms. The number of nitro groups is 1. The minimum Gasteiger partial charge on any atom is -0.448 e. The van der Waals surface area contributed by atoms with Crippen molar-refractivity contribution in [1.29, 1.82) is 0 Å². The molecule has 0 aliphatic carbocycles. The first-order valence-corrected chi connectivity index (χ1v) is 16.1. The molecule has 0 saturated carbocycles. The van der Waals surface area contributed by atoms with Gasteiger partial charge in [0, 0.05) is 62.5 Å². The summed E-state index contributed by atoms with van der Waals surface area (Å²) in [5.41, 5.74) is 0.286. The first kappa shape index (κ1) is 32.9. The molecule has 14 nitrogen and oxygen atoms in total. The molecule has 246 valence electrons. The molecule has 0 spiro atoms. The number of halogens is 2. The topological polar surface area (TPSA) is 160 Å². The molecule has 2 aromatic carbocycles. The van der Waals surface area contributed by atoms with Crippen LogP contribution in [0.25, 0.3) is 0 Å². The summed E-state index contributed by atoms with van der Waals surface area (Å²) >= 11 is 0. The van der Waals surface area contributed by atoms with Crippen LogP contribution in [0.5, 0.6) is 0 Å². The van der Waals surface area contributed by atoms with E-state index in [2.05, 4.69) is 15.3 Å². The molecule has 0 radical (unpaired) electrons. The number of sulfonamides is 1. The Morgan fingerprint density at radius 1 is 1.07 bits per heavy atom. The maximum absolute atomic E-state index is 14.0. The summed E-state index contributed by atoms with van der Waals surface area (Å²) in [6.07, 6.45) is -0.828. The SMILES string of the molecule is CCOC(=O)n1nc(NC(=O)c2ccc(N3CCN(C)CC3)cc2[N+](=O)[O-])c2c1CCN(S(=O)(=O)c1cc(F)cc(F)c1)C2CC. The average molecular weight is 662 g/mol. The number of rotatable bonds is 8. The number of ether oxygens (including phenoxy) is 1. The molecule has 3 aromatic rings. The Labute approximate surface area is 263 Å². The van der Waals surface area contributed by atoms with Crippen LogP contribution in [-0.2, 0) is 21.2 Å². The number of nitrogens with zero attached hydrogens (tertiary/aromatic N) is 6. The summed E-state index contributed by atoms with van der Waals surface area (Å²) in [4.78, 5) is 41.4. The van der Waals surface area contributed by atoms with Crippen LogP contribution in [0.1, 0.15) is 47.9 Å². The minimum absolute atomic E-state index is 0.00382. The summed E-state index contributed by atoms with van der Waals surface area (Å²) in [7, 11) is -2.50. The number of benzene rings is 2. The van der Waals surface area contributed by atoms with Crippen LogP contribution >= 0.6 is 0 Å². The van der Waals surface area contributed by atoms with E-state index in [4.69, 9.17) is 4.74 Å². The molecule has 5 rings (SSSR count). The second-order valence-electron chi connectivity index (χ2n) is 10.9. The van der Waals surface area contributed by atoms with Crippen LogP contribution in [0.3, 0.4) is 0 Å². The normalized spacial score (nSPS) is 17.4. The van der Waals surface area contributed by atoms with Gasteiger partial charge in [0.05, 0.1) is 28.2 Å². The van der Waals surface area contributed by atoms with Crippen LogP contribution in [0.2, 0.25) is 0 Å². The van der Waals surface area contributed by atoms with Crippen LogP contribution in [0, 0.1) is 21.7 Å². The van der Waals surface area contributed by atoms with Crippen molar-refractivity contribution in [2.45, 2.75) is 37.6 Å². The van der Waals surface area contributed by atoms with Gasteiger partial charge in [0.2, 0.25) is 10.0 Å². The van der Waals surface area contributed by atoms with Crippen molar-refractivity contribution >= 4 is 39.2 Å². The van der Waals surface area contributed by atoms with Crippen LogP contribution in [0.4, 0.5) is 30.8 Å². The lowest BCUT2D eigenvalue weighted by Gasteiger charge is -2.34. The van der Waals surface area contributed by atoms with Crippen molar-refractivity contribution in [2.24, 2.45) is 0 Å². The fraction of sp³-hybridized carbons (Fsp3) is 0.414. The third kappa shape index (κ3) is 6.29. The number of amides is 1. The van der Waals surface area contributed by atoms with Gasteiger partial charge in [0.1, 0.15) is 17.2 Å². The van der Waals surface area contributed by atoms with E-state index in [0.29, 0.717) is 37.0 Å². The van der Waals surface area contributed by atoms with E-state index in [9.17, 15) is 36.9 Å². The lowest BCUT2D eigenvalue weighted by molar-refractivity contribution is -0.385. The van der Waals surface area contributed by atoms with Gasteiger partial charge in [-0.1, -0.05) is 6.92 Å². The summed E-state index contributed by atoms with van der Waals surface area (Å²) in [6, 6.07) is 5.20. The summed E-state index contributed by atoms with van der Waals surface area (Å²) in [5.74, 6) is -3.27. The van der Waals surface area contributed by atoms with Gasteiger partial charge < -0.3 is 19.9 Å². The zero-order valence-electron chi connectivity index (χ0n) is 25.4. The monoisotopic (exact) mass is 661 g/mol. The van der Waals surface area contributed by atoms with Gasteiger partial charge in [-0.15, -0.1) is 5.10 Å². The zero-order valence-corrected chi connectivity index (χ0v) is 26.2. The minimum atomic E-state index is -4.48. The molecular formula is C29H33F2N7O7S. The first-order chi connectivity index (χ1) is 21.8. The molecule has 1 N–H and O–H groups in total. The molecule has 1 amide bonds. The molecule has 1 saturated heterocycles. The fourth-order valence-corrected chi connectivity index (χ4v) is 7.52. The molecule has 2 aliphatic rings. The maximum atomic E-state index is 14.0. The van der Waals surface area contributed by atoms with Crippen molar-refractivity contribution in [2.75, 3.05) is 56.6 Å². The fourth-order valence-electron chi connectivity index (χ4n) is 5.81. The predicted octanol–water partition coefficient (Wildman–Crippen LogP) is 3.78. The van der Waals surface area contributed by atoms with Crippen LogP contribution in [-0.4, -0.2) is 90.7 Å². The number of likely N-dealkylation sites (N-methyl/N-ethyl adjacent to an activating group) is 1. The highest BCUT2D eigenvalue weighted by Gasteiger charge is 2.41. The lowest BCUT2D eigenvalue weighted by Crippen LogP contribution is -2.44. The van der Waals surface area contributed by atoms with E-state index in [1.54, 1.807) is 19.9 Å².